The fourth-order valence-corrected chi connectivity index (χ4v) is 3.92. The summed E-state index contributed by atoms with van der Waals surface area (Å²) >= 11 is 0.841. The van der Waals surface area contributed by atoms with Gasteiger partial charge in [-0.2, -0.15) is 5.10 Å². The van der Waals surface area contributed by atoms with Gasteiger partial charge >= 0.3 is 5.97 Å². The molecule has 0 fully saturated rings. The van der Waals surface area contributed by atoms with Crippen molar-refractivity contribution in [2.24, 2.45) is 0 Å². The summed E-state index contributed by atoms with van der Waals surface area (Å²) in [5.41, 5.74) is -0.673. The molecule has 0 atom stereocenters. The molecule has 152 valence electrons. The van der Waals surface area contributed by atoms with E-state index in [0.717, 1.165) is 11.3 Å². The standard InChI is InChI=1S/C20H12F3N3O3S/c1-9-4-5-10(17(23)16(9)22)11-8-30-19(15(11)20(28)29)24-18(27)13-7-14-12(21)3-2-6-26(14)25-13/h2-8H,1H3,(H,24,27)(H,28,29). The molecule has 3 aromatic heterocycles. The zero-order chi connectivity index (χ0) is 21.6. The number of pyridine rings is 1. The summed E-state index contributed by atoms with van der Waals surface area (Å²) in [7, 11) is 0. The Labute approximate surface area is 171 Å². The number of hydrogen-bond acceptors (Lipinski definition) is 4. The van der Waals surface area contributed by atoms with Gasteiger partial charge in [-0.15, -0.1) is 11.3 Å². The third-order valence-corrected chi connectivity index (χ3v) is 5.38. The first kappa shape index (κ1) is 19.6. The molecule has 3 heterocycles. The van der Waals surface area contributed by atoms with Crippen LogP contribution in [-0.2, 0) is 0 Å². The van der Waals surface area contributed by atoms with Gasteiger partial charge in [0.15, 0.2) is 17.3 Å². The van der Waals surface area contributed by atoms with Crippen molar-refractivity contribution in [3.63, 3.8) is 0 Å². The molecule has 1 aromatic carbocycles. The van der Waals surface area contributed by atoms with Crippen LogP contribution in [0.15, 0.2) is 41.9 Å². The number of carbonyl (C=O) groups excluding carboxylic acids is 1. The number of fused-ring (bicyclic) bond motifs is 1. The molecule has 0 saturated heterocycles. The Morgan fingerprint density at radius 1 is 1.13 bits per heavy atom. The summed E-state index contributed by atoms with van der Waals surface area (Å²) < 4.78 is 43.3. The quantitative estimate of drug-likeness (QED) is 0.489. The highest BCUT2D eigenvalue weighted by atomic mass is 32.1. The lowest BCUT2D eigenvalue weighted by atomic mass is 10.0. The zero-order valence-electron chi connectivity index (χ0n) is 15.2. The van der Waals surface area contributed by atoms with E-state index < -0.39 is 29.3 Å². The number of carbonyl (C=O) groups is 2. The summed E-state index contributed by atoms with van der Waals surface area (Å²) in [5.74, 6) is -5.03. The summed E-state index contributed by atoms with van der Waals surface area (Å²) in [6.07, 6.45) is 1.45. The minimum Gasteiger partial charge on any atom is -0.478 e. The molecular formula is C20H12F3N3O3S. The third kappa shape index (κ3) is 3.20. The molecule has 6 nitrogen and oxygen atoms in total. The number of halogens is 3. The second-order valence-corrected chi connectivity index (χ2v) is 7.27. The fourth-order valence-electron chi connectivity index (χ4n) is 2.97. The first-order valence-electron chi connectivity index (χ1n) is 8.53. The van der Waals surface area contributed by atoms with Crippen molar-refractivity contribution in [1.82, 2.24) is 9.61 Å². The highest BCUT2D eigenvalue weighted by Gasteiger charge is 2.25. The Balaban J connectivity index is 1.73. The molecule has 0 spiro atoms. The number of benzene rings is 1. The summed E-state index contributed by atoms with van der Waals surface area (Å²) in [5, 5.41) is 17.2. The number of aromatic carboxylic acids is 1. The van der Waals surface area contributed by atoms with Gasteiger partial charge in [0, 0.05) is 22.7 Å². The molecule has 4 aromatic rings. The van der Waals surface area contributed by atoms with Crippen LogP contribution in [0.1, 0.15) is 26.4 Å². The number of thiophene rings is 1. The van der Waals surface area contributed by atoms with Gasteiger partial charge in [-0.05, 0) is 30.7 Å². The van der Waals surface area contributed by atoms with E-state index in [9.17, 15) is 27.9 Å². The first-order valence-corrected chi connectivity index (χ1v) is 9.41. The number of nitrogens with zero attached hydrogens (tertiary/aromatic N) is 2. The zero-order valence-corrected chi connectivity index (χ0v) is 16.1. The van der Waals surface area contributed by atoms with Gasteiger partial charge < -0.3 is 10.4 Å². The Hall–Kier alpha value is -3.66. The molecular weight excluding hydrogens is 419 g/mol. The molecule has 0 saturated carbocycles. The van der Waals surface area contributed by atoms with E-state index in [4.69, 9.17) is 0 Å². The predicted octanol–water partition coefficient (Wildman–Crippen LogP) is 4.74. The summed E-state index contributed by atoms with van der Waals surface area (Å²) in [4.78, 5) is 24.4. The van der Waals surface area contributed by atoms with Crippen LogP contribution < -0.4 is 5.32 Å². The van der Waals surface area contributed by atoms with E-state index in [1.807, 2.05) is 0 Å². The fraction of sp³-hybridized carbons (Fsp3) is 0.0500. The molecule has 0 aliphatic carbocycles. The van der Waals surface area contributed by atoms with Crippen LogP contribution in [0, 0.1) is 24.4 Å². The van der Waals surface area contributed by atoms with Gasteiger partial charge in [0.25, 0.3) is 5.91 Å². The van der Waals surface area contributed by atoms with Crippen molar-refractivity contribution < 1.29 is 27.9 Å². The predicted molar refractivity (Wildman–Crippen MR) is 104 cm³/mol. The molecule has 0 radical (unpaired) electrons. The highest BCUT2D eigenvalue weighted by Crippen LogP contribution is 2.38. The molecule has 0 aliphatic rings. The van der Waals surface area contributed by atoms with E-state index in [0.29, 0.717) is 0 Å². The lowest BCUT2D eigenvalue weighted by Crippen LogP contribution is -2.14. The largest absolute Gasteiger partial charge is 0.478 e. The van der Waals surface area contributed by atoms with Gasteiger partial charge in [0.2, 0.25) is 0 Å². The van der Waals surface area contributed by atoms with Gasteiger partial charge in [-0.25, -0.2) is 22.5 Å². The van der Waals surface area contributed by atoms with Crippen molar-refractivity contribution >= 4 is 33.7 Å². The Morgan fingerprint density at radius 2 is 1.90 bits per heavy atom. The van der Waals surface area contributed by atoms with Crippen molar-refractivity contribution in [3.8, 4) is 11.1 Å². The summed E-state index contributed by atoms with van der Waals surface area (Å²) in [6.45, 7) is 1.39. The van der Waals surface area contributed by atoms with Crippen LogP contribution in [0.25, 0.3) is 16.6 Å². The Bertz CT molecular complexity index is 1330. The molecule has 1 amide bonds. The van der Waals surface area contributed by atoms with E-state index >= 15 is 0 Å². The maximum atomic E-state index is 14.4. The van der Waals surface area contributed by atoms with Gasteiger partial charge in [-0.3, -0.25) is 4.79 Å². The van der Waals surface area contributed by atoms with Gasteiger partial charge in [0.1, 0.15) is 21.9 Å². The maximum Gasteiger partial charge on any atom is 0.339 e. The number of anilines is 1. The number of carboxylic acid groups (broad SMARTS) is 1. The molecule has 0 unspecified atom stereocenters. The average Bonchev–Trinajstić information content (AvgIpc) is 3.31. The van der Waals surface area contributed by atoms with Crippen molar-refractivity contribution in [2.45, 2.75) is 6.92 Å². The topological polar surface area (TPSA) is 83.7 Å². The number of amides is 1. The number of nitrogens with one attached hydrogen (secondary N) is 1. The number of carboxylic acids is 1. The van der Waals surface area contributed by atoms with Crippen LogP contribution >= 0.6 is 11.3 Å². The van der Waals surface area contributed by atoms with Crippen LogP contribution in [0.5, 0.6) is 0 Å². The van der Waals surface area contributed by atoms with E-state index in [2.05, 4.69) is 10.4 Å². The van der Waals surface area contributed by atoms with Gasteiger partial charge in [0.05, 0.1) is 0 Å². The molecule has 0 bridgehead atoms. The molecule has 10 heteroatoms. The van der Waals surface area contributed by atoms with Crippen LogP contribution in [0.3, 0.4) is 0 Å². The minimum atomic E-state index is -1.43. The molecule has 0 aliphatic heterocycles. The molecule has 2 N–H and O–H groups in total. The lowest BCUT2D eigenvalue weighted by Gasteiger charge is -2.07. The van der Waals surface area contributed by atoms with Crippen LogP contribution in [0.4, 0.5) is 18.2 Å². The van der Waals surface area contributed by atoms with Crippen LogP contribution in [-0.4, -0.2) is 26.6 Å². The van der Waals surface area contributed by atoms with Gasteiger partial charge in [-0.1, -0.05) is 12.1 Å². The SMILES string of the molecule is Cc1ccc(-c2csc(NC(=O)c3cc4c(F)cccn4n3)c2C(=O)O)c(F)c1F. The smallest absolute Gasteiger partial charge is 0.339 e. The normalized spacial score (nSPS) is 11.1. The maximum absolute atomic E-state index is 14.4. The van der Waals surface area contributed by atoms with E-state index in [1.165, 1.54) is 53.3 Å². The summed E-state index contributed by atoms with van der Waals surface area (Å²) in [6, 6.07) is 6.45. The monoisotopic (exact) mass is 431 g/mol. The highest BCUT2D eigenvalue weighted by molar-refractivity contribution is 7.15. The molecule has 30 heavy (non-hydrogen) atoms. The minimum absolute atomic E-state index is 0.0692. The number of rotatable bonds is 4. The number of hydrogen-bond donors (Lipinski definition) is 2. The van der Waals surface area contributed by atoms with Crippen molar-refractivity contribution in [3.05, 3.63) is 76.2 Å². The second kappa shape index (κ2) is 7.30. The van der Waals surface area contributed by atoms with Crippen molar-refractivity contribution in [1.29, 1.82) is 0 Å². The van der Waals surface area contributed by atoms with Crippen molar-refractivity contribution in [2.75, 3.05) is 5.32 Å². The second-order valence-electron chi connectivity index (χ2n) is 6.39. The Morgan fingerprint density at radius 3 is 2.60 bits per heavy atom. The Kier molecular flexibility index (Phi) is 4.78. The van der Waals surface area contributed by atoms with E-state index in [-0.39, 0.29) is 38.5 Å². The number of aryl methyl sites for hydroxylation is 1. The lowest BCUT2D eigenvalue weighted by molar-refractivity contribution is 0.0699. The third-order valence-electron chi connectivity index (χ3n) is 4.48. The van der Waals surface area contributed by atoms with E-state index in [1.54, 1.807) is 0 Å². The first-order chi connectivity index (χ1) is 14.3. The number of aromatic nitrogens is 2. The van der Waals surface area contributed by atoms with Crippen LogP contribution in [0.2, 0.25) is 0 Å². The average molecular weight is 431 g/mol. The molecule has 4 rings (SSSR count).